The van der Waals surface area contributed by atoms with Gasteiger partial charge in [0.25, 0.3) is 11.7 Å². The standard InChI is InChI=1S/C7H4ClF2NO3/c8-6(14)3-4(7(9)10)11-1-2(12)5(3)13/h1,7,12H,(H,11,13). The molecule has 0 bridgehead atoms. The summed E-state index contributed by atoms with van der Waals surface area (Å²) in [6.07, 6.45) is -2.37. The number of hydrogen-bond acceptors (Lipinski definition) is 3. The van der Waals surface area contributed by atoms with Gasteiger partial charge in [0.2, 0.25) is 5.43 Å². The van der Waals surface area contributed by atoms with E-state index in [0.717, 1.165) is 0 Å². The number of nitrogens with one attached hydrogen (secondary N) is 1. The minimum Gasteiger partial charge on any atom is -0.503 e. The van der Waals surface area contributed by atoms with E-state index >= 15 is 0 Å². The SMILES string of the molecule is O=C(Cl)c1c(C(F)F)[nH]cc(O)c1=O. The van der Waals surface area contributed by atoms with Gasteiger partial charge in [-0.3, -0.25) is 9.59 Å². The minimum absolute atomic E-state index is 0.674. The van der Waals surface area contributed by atoms with Crippen LogP contribution in [0.2, 0.25) is 0 Å². The van der Waals surface area contributed by atoms with Gasteiger partial charge in [-0.25, -0.2) is 8.78 Å². The Kier molecular flexibility index (Phi) is 2.85. The highest BCUT2D eigenvalue weighted by atomic mass is 35.5. The monoisotopic (exact) mass is 223 g/mol. The molecule has 0 aliphatic rings. The number of hydrogen-bond donors (Lipinski definition) is 2. The zero-order valence-electron chi connectivity index (χ0n) is 6.55. The van der Waals surface area contributed by atoms with E-state index in [2.05, 4.69) is 0 Å². The van der Waals surface area contributed by atoms with Crippen molar-refractivity contribution in [2.75, 3.05) is 0 Å². The highest BCUT2D eigenvalue weighted by Crippen LogP contribution is 2.20. The predicted octanol–water partition coefficient (Wildman–Crippen LogP) is 1.40. The van der Waals surface area contributed by atoms with Crippen LogP contribution < -0.4 is 5.43 Å². The molecule has 76 valence electrons. The highest BCUT2D eigenvalue weighted by Gasteiger charge is 2.22. The van der Waals surface area contributed by atoms with Crippen LogP contribution >= 0.6 is 11.6 Å². The molecule has 0 radical (unpaired) electrons. The molecule has 0 spiro atoms. The molecule has 14 heavy (non-hydrogen) atoms. The van der Waals surface area contributed by atoms with Gasteiger partial charge < -0.3 is 10.1 Å². The number of alkyl halides is 2. The first-order valence-corrected chi connectivity index (χ1v) is 3.75. The Morgan fingerprint density at radius 1 is 1.57 bits per heavy atom. The van der Waals surface area contributed by atoms with Crippen molar-refractivity contribution in [3.8, 4) is 5.75 Å². The lowest BCUT2D eigenvalue weighted by molar-refractivity contribution is 0.106. The molecule has 0 amide bonds. The number of halogens is 3. The average Bonchev–Trinajstić information content (AvgIpc) is 2.08. The summed E-state index contributed by atoms with van der Waals surface area (Å²) in [5.74, 6) is -0.835. The van der Waals surface area contributed by atoms with Crippen molar-refractivity contribution in [3.05, 3.63) is 27.7 Å². The molecule has 0 atom stereocenters. The smallest absolute Gasteiger partial charge is 0.279 e. The van der Waals surface area contributed by atoms with E-state index in [1.807, 2.05) is 4.98 Å². The minimum atomic E-state index is -3.04. The van der Waals surface area contributed by atoms with Crippen LogP contribution in [0, 0.1) is 0 Å². The van der Waals surface area contributed by atoms with E-state index in [-0.39, 0.29) is 0 Å². The van der Waals surface area contributed by atoms with Gasteiger partial charge in [0.15, 0.2) is 5.75 Å². The fraction of sp³-hybridized carbons (Fsp3) is 0.143. The van der Waals surface area contributed by atoms with E-state index < -0.39 is 34.1 Å². The summed E-state index contributed by atoms with van der Waals surface area (Å²) in [6, 6.07) is 0. The molecular formula is C7H4ClF2NO3. The lowest BCUT2D eigenvalue weighted by atomic mass is 10.2. The summed E-state index contributed by atoms with van der Waals surface area (Å²) in [5, 5.41) is 7.52. The molecule has 7 heteroatoms. The van der Waals surface area contributed by atoms with Crippen LogP contribution in [0.3, 0.4) is 0 Å². The molecule has 1 aromatic rings. The Morgan fingerprint density at radius 2 is 2.14 bits per heavy atom. The second kappa shape index (κ2) is 3.75. The Labute approximate surface area is 81.1 Å². The van der Waals surface area contributed by atoms with Gasteiger partial charge >= 0.3 is 0 Å². The van der Waals surface area contributed by atoms with Gasteiger partial charge in [0.05, 0.1) is 5.69 Å². The van der Waals surface area contributed by atoms with E-state index in [9.17, 15) is 18.4 Å². The van der Waals surface area contributed by atoms with Crippen LogP contribution in [0.15, 0.2) is 11.0 Å². The van der Waals surface area contributed by atoms with Crippen molar-refractivity contribution in [2.24, 2.45) is 0 Å². The van der Waals surface area contributed by atoms with Crippen LogP contribution in [-0.2, 0) is 0 Å². The van der Waals surface area contributed by atoms with Crippen molar-refractivity contribution < 1.29 is 18.7 Å². The maximum absolute atomic E-state index is 12.2. The quantitative estimate of drug-likeness (QED) is 0.745. The van der Waals surface area contributed by atoms with E-state index in [1.165, 1.54) is 0 Å². The number of aromatic nitrogens is 1. The Bertz CT molecular complexity index is 429. The predicted molar refractivity (Wildman–Crippen MR) is 43.9 cm³/mol. The molecule has 1 heterocycles. The summed E-state index contributed by atoms with van der Waals surface area (Å²) in [7, 11) is 0. The number of carbonyl (C=O) groups excluding carboxylic acids is 1. The fourth-order valence-corrected chi connectivity index (χ4v) is 1.09. The summed E-state index contributed by atoms with van der Waals surface area (Å²) in [4.78, 5) is 23.6. The molecule has 1 aromatic heterocycles. The van der Waals surface area contributed by atoms with Gasteiger partial charge in [0.1, 0.15) is 5.56 Å². The first-order chi connectivity index (χ1) is 6.45. The molecular weight excluding hydrogens is 220 g/mol. The molecule has 0 aliphatic carbocycles. The fourth-order valence-electron chi connectivity index (χ4n) is 0.901. The molecule has 4 nitrogen and oxygen atoms in total. The normalized spacial score (nSPS) is 10.6. The van der Waals surface area contributed by atoms with Crippen molar-refractivity contribution >= 4 is 16.8 Å². The number of aromatic amines is 1. The molecule has 0 saturated heterocycles. The van der Waals surface area contributed by atoms with Crippen LogP contribution in [-0.4, -0.2) is 15.3 Å². The molecule has 0 aliphatic heterocycles. The number of carbonyl (C=O) groups is 1. The summed E-state index contributed by atoms with van der Waals surface area (Å²) < 4.78 is 24.5. The van der Waals surface area contributed by atoms with Crippen molar-refractivity contribution in [1.29, 1.82) is 0 Å². The first-order valence-electron chi connectivity index (χ1n) is 3.37. The molecule has 1 rings (SSSR count). The van der Waals surface area contributed by atoms with Gasteiger partial charge in [0, 0.05) is 6.20 Å². The highest BCUT2D eigenvalue weighted by molar-refractivity contribution is 6.67. The topological polar surface area (TPSA) is 70.2 Å². The number of rotatable bonds is 2. The summed E-state index contributed by atoms with van der Waals surface area (Å²) in [5.41, 5.74) is -3.03. The molecule has 0 aromatic carbocycles. The largest absolute Gasteiger partial charge is 0.503 e. The maximum Gasteiger partial charge on any atom is 0.279 e. The first kappa shape index (κ1) is 10.6. The van der Waals surface area contributed by atoms with Crippen molar-refractivity contribution in [1.82, 2.24) is 4.98 Å². The second-order valence-corrected chi connectivity index (χ2v) is 2.71. The zero-order chi connectivity index (χ0) is 10.9. The van der Waals surface area contributed by atoms with E-state index in [0.29, 0.717) is 6.20 Å². The molecule has 0 unspecified atom stereocenters. The molecule has 2 N–H and O–H groups in total. The number of H-pyrrole nitrogens is 1. The lowest BCUT2D eigenvalue weighted by Gasteiger charge is -2.04. The second-order valence-electron chi connectivity index (χ2n) is 2.37. The lowest BCUT2D eigenvalue weighted by Crippen LogP contribution is -2.16. The Balaban J connectivity index is 3.54. The van der Waals surface area contributed by atoms with Gasteiger partial charge in [-0.05, 0) is 11.6 Å². The zero-order valence-corrected chi connectivity index (χ0v) is 7.31. The third kappa shape index (κ3) is 1.74. The van der Waals surface area contributed by atoms with E-state index in [4.69, 9.17) is 16.7 Å². The van der Waals surface area contributed by atoms with Crippen LogP contribution in [0.4, 0.5) is 8.78 Å². The third-order valence-electron chi connectivity index (χ3n) is 1.51. The third-order valence-corrected chi connectivity index (χ3v) is 1.70. The Hall–Kier alpha value is -1.43. The van der Waals surface area contributed by atoms with Gasteiger partial charge in [-0.2, -0.15) is 0 Å². The van der Waals surface area contributed by atoms with Crippen LogP contribution in [0.25, 0.3) is 0 Å². The number of pyridine rings is 1. The average molecular weight is 224 g/mol. The van der Waals surface area contributed by atoms with Crippen LogP contribution in [0.5, 0.6) is 5.75 Å². The summed E-state index contributed by atoms with van der Waals surface area (Å²) in [6.45, 7) is 0. The van der Waals surface area contributed by atoms with Gasteiger partial charge in [-0.1, -0.05) is 0 Å². The van der Waals surface area contributed by atoms with Crippen molar-refractivity contribution in [3.63, 3.8) is 0 Å². The number of aromatic hydroxyl groups is 1. The molecule has 0 saturated carbocycles. The van der Waals surface area contributed by atoms with Gasteiger partial charge in [-0.15, -0.1) is 0 Å². The van der Waals surface area contributed by atoms with E-state index in [1.54, 1.807) is 0 Å². The van der Waals surface area contributed by atoms with Crippen LogP contribution in [0.1, 0.15) is 22.5 Å². The maximum atomic E-state index is 12.2. The molecule has 0 fully saturated rings. The van der Waals surface area contributed by atoms with Crippen molar-refractivity contribution in [2.45, 2.75) is 6.43 Å². The Morgan fingerprint density at radius 3 is 2.57 bits per heavy atom. The summed E-state index contributed by atoms with van der Waals surface area (Å²) >= 11 is 4.93.